The van der Waals surface area contributed by atoms with Crippen LogP contribution in [0, 0.1) is 11.8 Å². The van der Waals surface area contributed by atoms with Gasteiger partial charge in [0.2, 0.25) is 11.8 Å². The zero-order chi connectivity index (χ0) is 23.1. The van der Waals surface area contributed by atoms with Crippen molar-refractivity contribution >= 4 is 29.5 Å². The van der Waals surface area contributed by atoms with Gasteiger partial charge in [-0.1, -0.05) is 37.6 Å². The van der Waals surface area contributed by atoms with Crippen LogP contribution in [0.2, 0.25) is 0 Å². The largest absolute Gasteiger partial charge is 0.465 e. The van der Waals surface area contributed by atoms with E-state index < -0.39 is 27.4 Å². The maximum atomic E-state index is 14.0. The molecule has 8 heteroatoms. The molecule has 4 aliphatic heterocycles. The molecule has 2 fully saturated rings. The van der Waals surface area contributed by atoms with E-state index in [9.17, 15) is 19.5 Å². The van der Waals surface area contributed by atoms with Gasteiger partial charge in [-0.2, -0.15) is 0 Å². The van der Waals surface area contributed by atoms with Crippen LogP contribution in [0.15, 0.2) is 24.3 Å². The second-order valence-electron chi connectivity index (χ2n) is 9.50. The summed E-state index contributed by atoms with van der Waals surface area (Å²) in [5, 5.41) is 9.72. The van der Waals surface area contributed by atoms with E-state index in [2.05, 4.69) is 13.0 Å². The Morgan fingerprint density at radius 3 is 2.72 bits per heavy atom. The number of amides is 2. The molecule has 2 unspecified atom stereocenters. The van der Waals surface area contributed by atoms with Crippen molar-refractivity contribution in [3.8, 4) is 0 Å². The minimum atomic E-state index is -0.869. The van der Waals surface area contributed by atoms with E-state index in [1.165, 1.54) is 4.90 Å². The maximum Gasteiger partial charge on any atom is 0.311 e. The Labute approximate surface area is 194 Å². The number of rotatable bonds is 5. The number of cyclic esters (lactones) is 1. The van der Waals surface area contributed by atoms with Gasteiger partial charge in [-0.25, -0.2) is 0 Å². The molecule has 2 amide bonds. The molecule has 4 aliphatic rings. The Morgan fingerprint density at radius 2 is 2.00 bits per heavy atom. The van der Waals surface area contributed by atoms with Gasteiger partial charge < -0.3 is 19.6 Å². The Hall–Kier alpha value is -1.80. The summed E-state index contributed by atoms with van der Waals surface area (Å²) in [7, 11) is 0. The van der Waals surface area contributed by atoms with Crippen LogP contribution in [0.3, 0.4) is 0 Å². The zero-order valence-corrected chi connectivity index (χ0v) is 20.0. The number of nitrogens with zero attached hydrogens (tertiary/aromatic N) is 2. The molecular formula is C24H34N2O5S. The predicted molar refractivity (Wildman–Crippen MR) is 123 cm³/mol. The Balaban J connectivity index is 1.84. The molecule has 0 aromatic heterocycles. The first-order valence-electron chi connectivity index (χ1n) is 11.7. The molecule has 6 atom stereocenters. The molecule has 0 saturated carbocycles. The summed E-state index contributed by atoms with van der Waals surface area (Å²) in [6.07, 6.45) is 11.5. The van der Waals surface area contributed by atoms with Crippen LogP contribution in [0.4, 0.5) is 0 Å². The predicted octanol–water partition coefficient (Wildman–Crippen LogP) is 2.15. The van der Waals surface area contributed by atoms with E-state index in [-0.39, 0.29) is 37.0 Å². The number of ether oxygens (including phenoxy) is 1. The molecule has 1 spiro atoms. The van der Waals surface area contributed by atoms with Crippen molar-refractivity contribution in [1.82, 2.24) is 9.80 Å². The molecule has 0 aliphatic carbocycles. The molecule has 32 heavy (non-hydrogen) atoms. The number of esters is 1. The van der Waals surface area contributed by atoms with E-state index in [0.717, 1.165) is 25.7 Å². The van der Waals surface area contributed by atoms with E-state index in [1.807, 2.05) is 37.0 Å². The van der Waals surface area contributed by atoms with Gasteiger partial charge in [-0.3, -0.25) is 14.4 Å². The van der Waals surface area contributed by atoms with Crippen molar-refractivity contribution in [2.75, 3.05) is 26.3 Å². The molecule has 0 radical (unpaired) electrons. The second kappa shape index (κ2) is 8.86. The summed E-state index contributed by atoms with van der Waals surface area (Å²) in [5.74, 6) is -2.09. The Bertz CT molecular complexity index is 844. The van der Waals surface area contributed by atoms with E-state index in [0.29, 0.717) is 13.2 Å². The van der Waals surface area contributed by atoms with Crippen LogP contribution in [-0.4, -0.2) is 80.6 Å². The van der Waals surface area contributed by atoms with Crippen LogP contribution in [0.1, 0.15) is 46.5 Å². The lowest BCUT2D eigenvalue weighted by Gasteiger charge is -2.38. The van der Waals surface area contributed by atoms with Crippen LogP contribution in [-0.2, 0) is 19.1 Å². The number of carbonyl (C=O) groups excluding carboxylic acids is 3. The highest BCUT2D eigenvalue weighted by atomic mass is 32.2. The molecule has 176 valence electrons. The van der Waals surface area contributed by atoms with Gasteiger partial charge in [0.15, 0.2) is 0 Å². The molecular weight excluding hydrogens is 428 g/mol. The Morgan fingerprint density at radius 1 is 1.22 bits per heavy atom. The SMILES string of the molecule is CCCC(C)N1CC=C[C@]23S[C@]4(C)/C=C\CCCOC(=O)[C@@H]4[C@H]2C(=O)N(CCO)C3C1=O. The summed E-state index contributed by atoms with van der Waals surface area (Å²) in [4.78, 5) is 44.4. The van der Waals surface area contributed by atoms with Gasteiger partial charge in [0.1, 0.15) is 6.04 Å². The highest BCUT2D eigenvalue weighted by Gasteiger charge is 2.73. The van der Waals surface area contributed by atoms with Crippen molar-refractivity contribution in [3.63, 3.8) is 0 Å². The molecule has 0 aromatic carbocycles. The number of carbonyl (C=O) groups is 3. The van der Waals surface area contributed by atoms with E-state index in [1.54, 1.807) is 11.8 Å². The minimum absolute atomic E-state index is 0.0430. The summed E-state index contributed by atoms with van der Waals surface area (Å²) < 4.78 is 4.07. The lowest BCUT2D eigenvalue weighted by atomic mass is 9.74. The van der Waals surface area contributed by atoms with Crippen molar-refractivity contribution in [2.24, 2.45) is 11.8 Å². The number of hydrogen-bond donors (Lipinski definition) is 1. The number of β-amino-alcohol motifs (C(OH)–C–C–N with tert-alkyl or cyclic N) is 1. The van der Waals surface area contributed by atoms with Crippen LogP contribution in [0.25, 0.3) is 0 Å². The monoisotopic (exact) mass is 462 g/mol. The lowest BCUT2D eigenvalue weighted by Crippen LogP contribution is -2.55. The maximum absolute atomic E-state index is 14.0. The zero-order valence-electron chi connectivity index (χ0n) is 19.2. The van der Waals surface area contributed by atoms with Crippen LogP contribution >= 0.6 is 11.8 Å². The third kappa shape index (κ3) is 3.50. The highest BCUT2D eigenvalue weighted by Crippen LogP contribution is 2.65. The topological polar surface area (TPSA) is 87.2 Å². The van der Waals surface area contributed by atoms with Crippen molar-refractivity contribution in [2.45, 2.75) is 68.0 Å². The normalized spacial score (nSPS) is 38.8. The van der Waals surface area contributed by atoms with Gasteiger partial charge in [0.25, 0.3) is 0 Å². The van der Waals surface area contributed by atoms with Crippen LogP contribution < -0.4 is 0 Å². The quantitative estimate of drug-likeness (QED) is 0.498. The van der Waals surface area contributed by atoms with Gasteiger partial charge >= 0.3 is 5.97 Å². The van der Waals surface area contributed by atoms with E-state index in [4.69, 9.17) is 4.74 Å². The number of allylic oxidation sites excluding steroid dienone is 1. The van der Waals surface area contributed by atoms with Crippen molar-refractivity contribution in [3.05, 3.63) is 24.3 Å². The third-order valence-electron chi connectivity index (χ3n) is 7.36. The van der Waals surface area contributed by atoms with Gasteiger partial charge in [-0.15, -0.1) is 11.8 Å². The van der Waals surface area contributed by atoms with Crippen LogP contribution in [0.5, 0.6) is 0 Å². The number of aliphatic hydroxyl groups is 1. The summed E-state index contributed by atoms with van der Waals surface area (Å²) in [6.45, 7) is 6.77. The van der Waals surface area contributed by atoms with Gasteiger partial charge in [0, 0.05) is 23.9 Å². The third-order valence-corrected chi connectivity index (χ3v) is 9.16. The first kappa shape index (κ1) is 23.4. The number of aliphatic hydroxyl groups excluding tert-OH is 1. The molecule has 2 saturated heterocycles. The van der Waals surface area contributed by atoms with E-state index >= 15 is 0 Å². The molecule has 4 heterocycles. The molecule has 1 N–H and O–H groups in total. The molecule has 0 aromatic rings. The summed E-state index contributed by atoms with van der Waals surface area (Å²) in [5.41, 5.74) is 0. The Kier molecular flexibility index (Phi) is 6.47. The molecule has 0 bridgehead atoms. The van der Waals surface area contributed by atoms with Gasteiger partial charge in [-0.05, 0) is 33.1 Å². The average Bonchev–Trinajstić information content (AvgIpc) is 3.08. The lowest BCUT2D eigenvalue weighted by molar-refractivity contribution is -0.154. The molecule has 4 rings (SSSR count). The fraction of sp³-hybridized carbons (Fsp3) is 0.708. The number of thioether (sulfide) groups is 1. The van der Waals surface area contributed by atoms with Crippen molar-refractivity contribution < 1.29 is 24.2 Å². The standard InChI is InChI=1S/C24H34N2O5S/c1-4-9-16(2)25-12-8-11-24-17(20(28)26(13-14-27)19(24)21(25)29)18-22(30)31-15-7-5-6-10-23(18,3)32-24/h6,8,10-11,16-19,27H,4-5,7,9,12-15H2,1-3H3/b10-6-/t16?,17-,18-,19?,23+,24-/m0/s1. The number of fused-ring (bicyclic) bond motifs is 2. The number of hydrogen-bond acceptors (Lipinski definition) is 6. The van der Waals surface area contributed by atoms with Crippen molar-refractivity contribution in [1.29, 1.82) is 0 Å². The molecule has 7 nitrogen and oxygen atoms in total. The summed E-state index contributed by atoms with van der Waals surface area (Å²) in [6, 6.07) is -0.704. The van der Waals surface area contributed by atoms with Gasteiger partial charge in [0.05, 0.1) is 29.8 Å². The fourth-order valence-corrected chi connectivity index (χ4v) is 8.12. The number of likely N-dealkylation sites (tertiary alicyclic amines) is 1. The first-order chi connectivity index (χ1) is 15.3. The second-order valence-corrected chi connectivity index (χ2v) is 11.3. The first-order valence-corrected chi connectivity index (χ1v) is 12.6. The fourth-order valence-electron chi connectivity index (χ4n) is 5.97. The smallest absolute Gasteiger partial charge is 0.311 e. The highest BCUT2D eigenvalue weighted by molar-refractivity contribution is 8.02. The minimum Gasteiger partial charge on any atom is -0.465 e. The average molecular weight is 463 g/mol. The summed E-state index contributed by atoms with van der Waals surface area (Å²) >= 11 is 1.55.